The summed E-state index contributed by atoms with van der Waals surface area (Å²) in [6.45, 7) is 8.36. The van der Waals surface area contributed by atoms with Gasteiger partial charge in [0.1, 0.15) is 4.83 Å². The lowest BCUT2D eigenvalue weighted by atomic mass is 10.0. The van der Waals surface area contributed by atoms with Crippen molar-refractivity contribution in [3.05, 3.63) is 63.0 Å². The van der Waals surface area contributed by atoms with E-state index in [1.807, 2.05) is 25.1 Å². The minimum atomic E-state index is -0.157. The molecule has 0 aliphatic heterocycles. The van der Waals surface area contributed by atoms with Crippen molar-refractivity contribution >= 4 is 27.5 Å². The van der Waals surface area contributed by atoms with Crippen LogP contribution >= 0.6 is 11.3 Å². The Labute approximate surface area is 168 Å². The SMILES string of the molecule is CCN(CC)C(CNC(=O)c1sc2ncn(C)c(=O)c2c1C)c1ccccc1. The van der Waals surface area contributed by atoms with Crippen molar-refractivity contribution in [3.63, 3.8) is 0 Å². The molecule has 1 unspecified atom stereocenters. The van der Waals surface area contributed by atoms with Crippen LogP contribution < -0.4 is 10.9 Å². The van der Waals surface area contributed by atoms with Gasteiger partial charge in [-0.2, -0.15) is 0 Å². The van der Waals surface area contributed by atoms with Crippen molar-refractivity contribution < 1.29 is 4.79 Å². The molecule has 1 amide bonds. The van der Waals surface area contributed by atoms with E-state index in [0.29, 0.717) is 27.2 Å². The molecule has 2 heterocycles. The zero-order valence-corrected chi connectivity index (χ0v) is 17.5. The Balaban J connectivity index is 1.85. The number of benzene rings is 1. The fraction of sp³-hybridized carbons (Fsp3) is 0.381. The van der Waals surface area contributed by atoms with Gasteiger partial charge in [0.2, 0.25) is 0 Å². The van der Waals surface area contributed by atoms with Gasteiger partial charge in [-0.25, -0.2) is 4.98 Å². The Morgan fingerprint density at radius 1 is 1.25 bits per heavy atom. The number of likely N-dealkylation sites (N-methyl/N-ethyl adjacent to an activating group) is 1. The summed E-state index contributed by atoms with van der Waals surface area (Å²) in [5, 5.41) is 3.61. The van der Waals surface area contributed by atoms with Crippen LogP contribution in [0.25, 0.3) is 10.2 Å². The number of aryl methyl sites for hydroxylation is 2. The highest BCUT2D eigenvalue weighted by Crippen LogP contribution is 2.27. The number of carbonyl (C=O) groups is 1. The number of nitrogens with one attached hydrogen (secondary N) is 1. The standard InChI is InChI=1S/C21H26N4O2S/c1-5-25(6-2)16(15-10-8-7-9-11-15)12-22-19(26)18-14(3)17-20(28-18)23-13-24(4)21(17)27/h7-11,13,16H,5-6,12H2,1-4H3,(H,22,26). The molecule has 0 saturated heterocycles. The molecule has 148 valence electrons. The number of amides is 1. The highest BCUT2D eigenvalue weighted by Gasteiger charge is 2.22. The molecule has 3 aromatic rings. The van der Waals surface area contributed by atoms with Crippen LogP contribution in [0.4, 0.5) is 0 Å². The Morgan fingerprint density at radius 2 is 1.93 bits per heavy atom. The van der Waals surface area contributed by atoms with Gasteiger partial charge >= 0.3 is 0 Å². The van der Waals surface area contributed by atoms with Gasteiger partial charge in [0.25, 0.3) is 11.5 Å². The number of nitrogens with zero attached hydrogens (tertiary/aromatic N) is 3. The van der Waals surface area contributed by atoms with E-state index in [0.717, 1.165) is 13.1 Å². The van der Waals surface area contributed by atoms with Gasteiger partial charge in [-0.3, -0.25) is 14.5 Å². The van der Waals surface area contributed by atoms with Crippen molar-refractivity contribution in [2.45, 2.75) is 26.8 Å². The molecule has 1 aromatic carbocycles. The van der Waals surface area contributed by atoms with Crippen LogP contribution in [0.15, 0.2) is 41.5 Å². The van der Waals surface area contributed by atoms with E-state index in [1.165, 1.54) is 27.8 Å². The largest absolute Gasteiger partial charge is 0.349 e. The van der Waals surface area contributed by atoms with E-state index in [4.69, 9.17) is 0 Å². The summed E-state index contributed by atoms with van der Waals surface area (Å²) in [6.07, 6.45) is 1.49. The summed E-state index contributed by atoms with van der Waals surface area (Å²) in [5.41, 5.74) is 1.75. The molecule has 0 aliphatic rings. The molecule has 1 atom stereocenters. The normalized spacial score (nSPS) is 12.5. The van der Waals surface area contributed by atoms with E-state index >= 15 is 0 Å². The van der Waals surface area contributed by atoms with Crippen molar-refractivity contribution in [2.75, 3.05) is 19.6 Å². The lowest BCUT2D eigenvalue weighted by Crippen LogP contribution is -2.38. The zero-order chi connectivity index (χ0) is 20.3. The summed E-state index contributed by atoms with van der Waals surface area (Å²) < 4.78 is 1.44. The third-order valence-electron chi connectivity index (χ3n) is 5.11. The number of carbonyl (C=O) groups excluding carboxylic acids is 1. The first-order valence-corrected chi connectivity index (χ1v) is 10.3. The van der Waals surface area contributed by atoms with Gasteiger partial charge in [0.05, 0.1) is 22.6 Å². The summed E-state index contributed by atoms with van der Waals surface area (Å²) in [7, 11) is 1.67. The minimum absolute atomic E-state index is 0.0980. The van der Waals surface area contributed by atoms with Gasteiger partial charge in [-0.05, 0) is 31.1 Å². The molecular formula is C21H26N4O2S. The summed E-state index contributed by atoms with van der Waals surface area (Å²) in [4.78, 5) is 33.1. The molecule has 3 rings (SSSR count). The van der Waals surface area contributed by atoms with E-state index in [2.05, 4.69) is 41.2 Å². The third kappa shape index (κ3) is 3.86. The van der Waals surface area contributed by atoms with Gasteiger partial charge in [-0.15, -0.1) is 11.3 Å². The fourth-order valence-corrected chi connectivity index (χ4v) is 4.55. The Hall–Kier alpha value is -2.51. The first-order chi connectivity index (χ1) is 13.5. The maximum Gasteiger partial charge on any atom is 0.262 e. The van der Waals surface area contributed by atoms with E-state index in [-0.39, 0.29) is 17.5 Å². The second-order valence-corrected chi connectivity index (χ2v) is 7.75. The van der Waals surface area contributed by atoms with Crippen LogP contribution in [0.3, 0.4) is 0 Å². The highest BCUT2D eigenvalue weighted by molar-refractivity contribution is 7.20. The van der Waals surface area contributed by atoms with E-state index < -0.39 is 0 Å². The zero-order valence-electron chi connectivity index (χ0n) is 16.7. The predicted molar refractivity (Wildman–Crippen MR) is 114 cm³/mol. The highest BCUT2D eigenvalue weighted by atomic mass is 32.1. The van der Waals surface area contributed by atoms with Crippen molar-refractivity contribution in [1.82, 2.24) is 19.8 Å². The summed E-state index contributed by atoms with van der Waals surface area (Å²) in [6, 6.07) is 10.3. The monoisotopic (exact) mass is 398 g/mol. The summed E-state index contributed by atoms with van der Waals surface area (Å²) >= 11 is 1.27. The van der Waals surface area contributed by atoms with Crippen LogP contribution in [0.2, 0.25) is 0 Å². The van der Waals surface area contributed by atoms with E-state index in [9.17, 15) is 9.59 Å². The van der Waals surface area contributed by atoms with Crippen LogP contribution in [0.1, 0.15) is 40.7 Å². The van der Waals surface area contributed by atoms with E-state index in [1.54, 1.807) is 7.05 Å². The average Bonchev–Trinajstić information content (AvgIpc) is 3.05. The predicted octanol–water partition coefficient (Wildman–Crippen LogP) is 3.12. The van der Waals surface area contributed by atoms with Crippen molar-refractivity contribution in [2.24, 2.45) is 7.05 Å². The second-order valence-electron chi connectivity index (χ2n) is 6.75. The van der Waals surface area contributed by atoms with Crippen molar-refractivity contribution in [1.29, 1.82) is 0 Å². The molecular weight excluding hydrogens is 372 g/mol. The Bertz CT molecular complexity index is 1020. The van der Waals surface area contributed by atoms with Crippen LogP contribution in [-0.2, 0) is 7.05 Å². The third-order valence-corrected chi connectivity index (χ3v) is 6.31. The first-order valence-electron chi connectivity index (χ1n) is 9.49. The molecule has 0 fully saturated rings. The smallest absolute Gasteiger partial charge is 0.262 e. The Morgan fingerprint density at radius 3 is 2.57 bits per heavy atom. The number of rotatable bonds is 7. The number of fused-ring (bicyclic) bond motifs is 1. The second kappa shape index (κ2) is 8.67. The number of thiophene rings is 1. The number of hydrogen-bond donors (Lipinski definition) is 1. The molecule has 0 aliphatic carbocycles. The average molecular weight is 399 g/mol. The molecule has 1 N–H and O–H groups in total. The van der Waals surface area contributed by atoms with Gasteiger partial charge in [0.15, 0.2) is 0 Å². The van der Waals surface area contributed by atoms with Gasteiger partial charge in [-0.1, -0.05) is 44.2 Å². The molecule has 28 heavy (non-hydrogen) atoms. The quantitative estimate of drug-likeness (QED) is 0.664. The maximum absolute atomic E-state index is 12.9. The maximum atomic E-state index is 12.9. The van der Waals surface area contributed by atoms with Crippen LogP contribution in [-0.4, -0.2) is 40.0 Å². The molecule has 7 heteroatoms. The topological polar surface area (TPSA) is 67.2 Å². The Kier molecular flexibility index (Phi) is 6.26. The summed E-state index contributed by atoms with van der Waals surface area (Å²) in [5.74, 6) is -0.157. The molecule has 0 spiro atoms. The lowest BCUT2D eigenvalue weighted by Gasteiger charge is -2.30. The fourth-order valence-electron chi connectivity index (χ4n) is 3.49. The molecule has 2 aromatic heterocycles. The first kappa shape index (κ1) is 20.2. The molecule has 6 nitrogen and oxygen atoms in total. The lowest BCUT2D eigenvalue weighted by molar-refractivity contribution is 0.0938. The molecule has 0 bridgehead atoms. The van der Waals surface area contributed by atoms with Crippen LogP contribution in [0, 0.1) is 6.92 Å². The molecule has 0 saturated carbocycles. The van der Waals surface area contributed by atoms with Crippen molar-refractivity contribution in [3.8, 4) is 0 Å². The number of hydrogen-bond acceptors (Lipinski definition) is 5. The number of aromatic nitrogens is 2. The minimum Gasteiger partial charge on any atom is -0.349 e. The molecule has 0 radical (unpaired) electrons. The van der Waals surface area contributed by atoms with Gasteiger partial charge < -0.3 is 9.88 Å². The van der Waals surface area contributed by atoms with Gasteiger partial charge in [0, 0.05) is 13.6 Å². The van der Waals surface area contributed by atoms with Crippen LogP contribution in [0.5, 0.6) is 0 Å².